The summed E-state index contributed by atoms with van der Waals surface area (Å²) in [4.78, 5) is 12.5. The minimum Gasteiger partial charge on any atom is -0.400 e. The van der Waals surface area contributed by atoms with Crippen LogP contribution in [-0.4, -0.2) is 26.2 Å². The van der Waals surface area contributed by atoms with Crippen LogP contribution in [0.4, 0.5) is 0 Å². The van der Waals surface area contributed by atoms with Crippen LogP contribution >= 0.6 is 0 Å². The van der Waals surface area contributed by atoms with Crippen LogP contribution in [0.3, 0.4) is 0 Å². The molecule has 0 atom stereocenters. The topological polar surface area (TPSA) is 44.8 Å². The minimum absolute atomic E-state index is 0.455. The molecule has 4 nitrogen and oxygen atoms in total. The Hall–Kier alpha value is -2.69. The Labute approximate surface area is 139 Å². The highest BCUT2D eigenvalue weighted by Gasteiger charge is 2.51. The van der Waals surface area contributed by atoms with Crippen molar-refractivity contribution >= 4 is 17.6 Å². The minimum atomic E-state index is -1.53. The SMILES string of the molecule is COC1(OC)OC(=O)C2=C1C1=CC=CC=CC1=c1ccccc1=C2. The molecule has 2 aliphatic carbocycles. The maximum atomic E-state index is 12.5. The molecule has 0 fully saturated rings. The van der Waals surface area contributed by atoms with Crippen LogP contribution in [-0.2, 0) is 19.0 Å². The van der Waals surface area contributed by atoms with Gasteiger partial charge in [-0.1, -0.05) is 54.6 Å². The van der Waals surface area contributed by atoms with Crippen LogP contribution in [0, 0.1) is 0 Å². The molecule has 0 bridgehead atoms. The number of hydrogen-bond acceptors (Lipinski definition) is 4. The number of methoxy groups -OCH3 is 2. The maximum absolute atomic E-state index is 12.5. The quantitative estimate of drug-likeness (QED) is 0.612. The molecule has 0 saturated heterocycles. The first-order valence-electron chi connectivity index (χ1n) is 7.65. The number of carbonyl (C=O) groups excluding carboxylic acids is 1. The van der Waals surface area contributed by atoms with E-state index < -0.39 is 11.9 Å². The van der Waals surface area contributed by atoms with Crippen molar-refractivity contribution in [2.24, 2.45) is 0 Å². The molecule has 120 valence electrons. The average molecular weight is 320 g/mol. The number of fused-ring (bicyclic) bond motifs is 3. The van der Waals surface area contributed by atoms with E-state index in [9.17, 15) is 4.79 Å². The summed E-state index contributed by atoms with van der Waals surface area (Å²) in [5.41, 5.74) is 2.90. The third kappa shape index (κ3) is 1.97. The second-order valence-electron chi connectivity index (χ2n) is 5.61. The molecule has 0 unspecified atom stereocenters. The van der Waals surface area contributed by atoms with E-state index in [1.165, 1.54) is 14.2 Å². The van der Waals surface area contributed by atoms with Crippen molar-refractivity contribution in [3.63, 3.8) is 0 Å². The molecule has 0 spiro atoms. The lowest BCUT2D eigenvalue weighted by Gasteiger charge is -2.28. The number of hydrogen-bond donors (Lipinski definition) is 0. The van der Waals surface area contributed by atoms with Gasteiger partial charge in [0.15, 0.2) is 0 Å². The molecule has 3 aliphatic rings. The Kier molecular flexibility index (Phi) is 3.37. The van der Waals surface area contributed by atoms with Crippen molar-refractivity contribution < 1.29 is 19.0 Å². The smallest absolute Gasteiger partial charge is 0.359 e. The highest BCUT2D eigenvalue weighted by Crippen LogP contribution is 2.43. The monoisotopic (exact) mass is 320 g/mol. The number of benzene rings is 1. The molecule has 1 aromatic rings. The molecule has 4 rings (SSSR count). The van der Waals surface area contributed by atoms with E-state index in [2.05, 4.69) is 0 Å². The molecule has 0 N–H and O–H groups in total. The molecule has 1 heterocycles. The summed E-state index contributed by atoms with van der Waals surface area (Å²) >= 11 is 0. The van der Waals surface area contributed by atoms with Crippen LogP contribution in [0.25, 0.3) is 11.6 Å². The van der Waals surface area contributed by atoms with Gasteiger partial charge in [-0.2, -0.15) is 0 Å². The number of carbonyl (C=O) groups is 1. The molecule has 0 radical (unpaired) electrons. The molecule has 24 heavy (non-hydrogen) atoms. The molecule has 0 aromatic heterocycles. The molecular formula is C20H16O4. The van der Waals surface area contributed by atoms with E-state index in [-0.39, 0.29) is 0 Å². The lowest BCUT2D eigenvalue weighted by molar-refractivity contribution is -0.309. The van der Waals surface area contributed by atoms with E-state index in [4.69, 9.17) is 14.2 Å². The summed E-state index contributed by atoms with van der Waals surface area (Å²) in [6, 6.07) is 7.95. The Morgan fingerprint density at radius 1 is 1.00 bits per heavy atom. The van der Waals surface area contributed by atoms with Gasteiger partial charge in [0.25, 0.3) is 0 Å². The fourth-order valence-corrected chi connectivity index (χ4v) is 3.33. The third-order valence-corrected chi connectivity index (χ3v) is 4.42. The van der Waals surface area contributed by atoms with Crippen molar-refractivity contribution in [2.75, 3.05) is 14.2 Å². The Morgan fingerprint density at radius 3 is 2.58 bits per heavy atom. The summed E-state index contributed by atoms with van der Waals surface area (Å²) in [6.07, 6.45) is 11.7. The molecule has 0 saturated carbocycles. The largest absolute Gasteiger partial charge is 0.400 e. The summed E-state index contributed by atoms with van der Waals surface area (Å²) in [7, 11) is 2.93. The zero-order chi connectivity index (χ0) is 16.7. The number of cyclic esters (lactones) is 1. The first-order chi connectivity index (χ1) is 11.7. The van der Waals surface area contributed by atoms with E-state index >= 15 is 0 Å². The molecular weight excluding hydrogens is 304 g/mol. The third-order valence-electron chi connectivity index (χ3n) is 4.42. The van der Waals surface area contributed by atoms with E-state index in [0.717, 1.165) is 21.6 Å². The van der Waals surface area contributed by atoms with Gasteiger partial charge in [-0.3, -0.25) is 0 Å². The second-order valence-corrected chi connectivity index (χ2v) is 5.61. The fourth-order valence-electron chi connectivity index (χ4n) is 3.33. The predicted molar refractivity (Wildman–Crippen MR) is 89.8 cm³/mol. The molecule has 4 heteroatoms. The molecule has 0 amide bonds. The first-order valence-corrected chi connectivity index (χ1v) is 7.65. The number of esters is 1. The van der Waals surface area contributed by atoms with Gasteiger partial charge < -0.3 is 14.2 Å². The van der Waals surface area contributed by atoms with Gasteiger partial charge >= 0.3 is 11.9 Å². The van der Waals surface area contributed by atoms with Crippen molar-refractivity contribution in [3.05, 3.63) is 81.8 Å². The van der Waals surface area contributed by atoms with Crippen molar-refractivity contribution in [1.82, 2.24) is 0 Å². The summed E-state index contributed by atoms with van der Waals surface area (Å²) in [5.74, 6) is -1.99. The van der Waals surface area contributed by atoms with Crippen molar-refractivity contribution in [1.29, 1.82) is 0 Å². The van der Waals surface area contributed by atoms with E-state index in [0.29, 0.717) is 11.1 Å². The van der Waals surface area contributed by atoms with Gasteiger partial charge in [0.05, 0.1) is 11.1 Å². The van der Waals surface area contributed by atoms with E-state index in [1.807, 2.05) is 60.7 Å². The Morgan fingerprint density at radius 2 is 1.79 bits per heavy atom. The Bertz CT molecular complexity index is 969. The van der Waals surface area contributed by atoms with Gasteiger partial charge in [0.2, 0.25) is 0 Å². The maximum Gasteiger partial charge on any atom is 0.359 e. The summed E-state index contributed by atoms with van der Waals surface area (Å²) < 4.78 is 16.4. The fraction of sp³-hybridized carbons (Fsp3) is 0.150. The van der Waals surface area contributed by atoms with Gasteiger partial charge in [0, 0.05) is 14.2 Å². The summed E-state index contributed by atoms with van der Waals surface area (Å²) in [6.45, 7) is 0. The predicted octanol–water partition coefficient (Wildman–Crippen LogP) is 1.48. The normalized spacial score (nSPS) is 20.3. The van der Waals surface area contributed by atoms with Crippen LogP contribution in [0.1, 0.15) is 0 Å². The van der Waals surface area contributed by atoms with Gasteiger partial charge in [-0.05, 0) is 27.7 Å². The van der Waals surface area contributed by atoms with Crippen LogP contribution in [0.5, 0.6) is 0 Å². The van der Waals surface area contributed by atoms with Gasteiger partial charge in [-0.15, -0.1) is 0 Å². The van der Waals surface area contributed by atoms with Crippen molar-refractivity contribution in [2.45, 2.75) is 5.97 Å². The lowest BCUT2D eigenvalue weighted by Crippen LogP contribution is -2.38. The van der Waals surface area contributed by atoms with Crippen LogP contribution in [0.15, 0.2) is 71.4 Å². The zero-order valence-electron chi connectivity index (χ0n) is 13.4. The van der Waals surface area contributed by atoms with Crippen molar-refractivity contribution in [3.8, 4) is 0 Å². The standard InChI is InChI=1S/C20H16O4/c1-22-20(23-2)18-16-11-5-3-4-10-15(16)14-9-7-6-8-13(14)12-17(18)19(21)24-20/h3-12H,1-2H3. The second kappa shape index (κ2) is 5.44. The average Bonchev–Trinajstić information content (AvgIpc) is 2.78. The zero-order valence-corrected chi connectivity index (χ0v) is 13.4. The highest BCUT2D eigenvalue weighted by atomic mass is 16.9. The van der Waals surface area contributed by atoms with Crippen LogP contribution in [0.2, 0.25) is 0 Å². The highest BCUT2D eigenvalue weighted by molar-refractivity contribution is 6.05. The number of ether oxygens (including phenoxy) is 3. The van der Waals surface area contributed by atoms with Gasteiger partial charge in [0.1, 0.15) is 0 Å². The van der Waals surface area contributed by atoms with E-state index in [1.54, 1.807) is 0 Å². The van der Waals surface area contributed by atoms with Crippen LogP contribution < -0.4 is 10.4 Å². The summed E-state index contributed by atoms with van der Waals surface area (Å²) in [5, 5.41) is 2.00. The van der Waals surface area contributed by atoms with Gasteiger partial charge in [-0.25, -0.2) is 4.79 Å². The number of rotatable bonds is 2. The Balaban J connectivity index is 2.16. The number of allylic oxidation sites excluding steroid dienone is 5. The first kappa shape index (κ1) is 14.9. The molecule has 1 aromatic carbocycles. The lowest BCUT2D eigenvalue weighted by atomic mass is 9.93. The molecule has 1 aliphatic heterocycles.